The summed E-state index contributed by atoms with van der Waals surface area (Å²) >= 11 is 7.98. The van der Waals surface area contributed by atoms with Crippen LogP contribution in [-0.4, -0.2) is 59.5 Å². The minimum atomic E-state index is -0.217. The molecule has 4 rings (SSSR count). The Bertz CT molecular complexity index is 915. The van der Waals surface area contributed by atoms with Gasteiger partial charge in [-0.05, 0) is 24.6 Å². The van der Waals surface area contributed by atoms with Gasteiger partial charge >= 0.3 is 0 Å². The predicted octanol–water partition coefficient (Wildman–Crippen LogP) is 4.50. The number of thioether (sulfide) groups is 1. The lowest BCUT2D eigenvalue weighted by molar-refractivity contribution is -0.133. The molecule has 1 aromatic heterocycles. The van der Waals surface area contributed by atoms with Crippen molar-refractivity contribution < 1.29 is 4.79 Å². The average Bonchev–Trinajstić information content (AvgIpc) is 3.16. The molecule has 6 nitrogen and oxygen atoms in total. The topological polar surface area (TPSA) is 61.4 Å². The zero-order valence-corrected chi connectivity index (χ0v) is 19.9. The normalized spacial score (nSPS) is 19.0. The number of nitrogens with zero attached hydrogens (tertiary/aromatic N) is 4. The summed E-state index contributed by atoms with van der Waals surface area (Å²) in [6.07, 6.45) is 1.68. The summed E-state index contributed by atoms with van der Waals surface area (Å²) in [5, 5.41) is 4.54. The summed E-state index contributed by atoms with van der Waals surface area (Å²) in [4.78, 5) is 26.9. The van der Waals surface area contributed by atoms with E-state index in [-0.39, 0.29) is 19.3 Å². The molecule has 0 spiro atoms. The van der Waals surface area contributed by atoms with E-state index in [1.165, 1.54) is 5.56 Å². The van der Waals surface area contributed by atoms with Crippen molar-refractivity contribution in [2.24, 2.45) is 0 Å². The zero-order chi connectivity index (χ0) is 22.0. The minimum absolute atomic E-state index is 0. The van der Waals surface area contributed by atoms with Crippen LogP contribution in [0.15, 0.2) is 30.6 Å². The van der Waals surface area contributed by atoms with Crippen LogP contribution in [0, 0.1) is 0 Å². The predicted molar refractivity (Wildman–Crippen MR) is 135 cm³/mol. The Hall–Kier alpha value is -1.83. The summed E-state index contributed by atoms with van der Waals surface area (Å²) in [6, 6.07) is 7.97. The number of aromatic nitrogens is 2. The Morgan fingerprint density at radius 1 is 1.19 bits per heavy atom. The Balaban J connectivity index is 0.00000289. The first kappa shape index (κ1) is 24.8. The number of carbonyl (C=O) groups excluding carboxylic acids is 1. The van der Waals surface area contributed by atoms with Crippen LogP contribution in [0.3, 0.4) is 0 Å². The number of benzene rings is 1. The summed E-state index contributed by atoms with van der Waals surface area (Å²) in [6.45, 7) is 10.0. The van der Waals surface area contributed by atoms with Gasteiger partial charge < -0.3 is 15.1 Å². The molecular weight excluding hydrogens is 442 g/mol. The summed E-state index contributed by atoms with van der Waals surface area (Å²) in [5.41, 5.74) is 3.43. The molecule has 2 aromatic rings. The molecule has 1 saturated heterocycles. The lowest BCUT2D eigenvalue weighted by Gasteiger charge is -2.38. The van der Waals surface area contributed by atoms with E-state index in [1.807, 2.05) is 40.9 Å². The first-order valence-electron chi connectivity index (χ1n) is 10.9. The molecule has 174 valence electrons. The number of rotatable bonds is 6. The molecule has 1 fully saturated rings. The molecule has 1 aromatic carbocycles. The molecule has 1 amide bonds. The maximum absolute atomic E-state index is 13.5. The minimum Gasteiger partial charge on any atom is -0.353 e. The fraction of sp³-hybridized carbons (Fsp3) is 0.542. The van der Waals surface area contributed by atoms with E-state index >= 15 is 0 Å². The second kappa shape index (κ2) is 10.9. The quantitative estimate of drug-likeness (QED) is 0.663. The number of fused-ring (bicyclic) bond motifs is 1. The largest absolute Gasteiger partial charge is 0.353 e. The monoisotopic (exact) mass is 475 g/mol. The van der Waals surface area contributed by atoms with Crippen molar-refractivity contribution in [1.82, 2.24) is 20.2 Å². The van der Waals surface area contributed by atoms with Crippen LogP contribution in [0.1, 0.15) is 56.2 Å². The molecular formula is C24H34ClN5OS. The first-order chi connectivity index (χ1) is 14.9. The van der Waals surface area contributed by atoms with Crippen molar-refractivity contribution in [1.29, 1.82) is 0 Å². The van der Waals surface area contributed by atoms with Gasteiger partial charge in [-0.3, -0.25) is 4.79 Å². The lowest BCUT2D eigenvalue weighted by Crippen LogP contribution is -2.51. The number of amides is 1. The van der Waals surface area contributed by atoms with Gasteiger partial charge in [-0.25, -0.2) is 9.97 Å². The molecule has 1 unspecified atom stereocenters. The van der Waals surface area contributed by atoms with Gasteiger partial charge in [0.25, 0.3) is 0 Å². The molecule has 1 N–H and O–H groups in total. The maximum Gasteiger partial charge on any atom is 0.231 e. The van der Waals surface area contributed by atoms with Crippen molar-refractivity contribution in [2.75, 3.05) is 37.6 Å². The third-order valence-electron chi connectivity index (χ3n) is 6.01. The van der Waals surface area contributed by atoms with Crippen molar-refractivity contribution >= 4 is 35.1 Å². The molecule has 32 heavy (non-hydrogen) atoms. The van der Waals surface area contributed by atoms with Gasteiger partial charge in [0.05, 0.1) is 11.6 Å². The van der Waals surface area contributed by atoms with Crippen molar-refractivity contribution in [3.05, 3.63) is 52.4 Å². The first-order valence-corrected chi connectivity index (χ1v) is 12.3. The van der Waals surface area contributed by atoms with E-state index in [4.69, 9.17) is 11.6 Å². The number of anilines is 1. The van der Waals surface area contributed by atoms with Crippen LogP contribution in [0.4, 0.5) is 5.82 Å². The van der Waals surface area contributed by atoms with Gasteiger partial charge in [-0.1, -0.05) is 45.0 Å². The zero-order valence-electron chi connectivity index (χ0n) is 18.3. The number of piperazine rings is 1. The standard InChI is InChI=1S/C23H30ClN5OS.CH4/c1-15(2)25-12-19(17-4-6-18(24)7-5-17)23(30)29-10-8-28(9-11-29)22-21-16(3)31-13-20(21)26-14-27-22;/h4-7,14-16,19,25H,8-13H2,1-3H3;1H4/t16-,19?;/m0./s1. The molecule has 8 heteroatoms. The van der Waals surface area contributed by atoms with Crippen LogP contribution in [0.5, 0.6) is 0 Å². The Labute approximate surface area is 201 Å². The molecule has 0 radical (unpaired) electrons. The SMILES string of the molecule is C.CC(C)NCC(C(=O)N1CCN(c2ncnc3c2[C@H](C)SC3)CC1)c1ccc(Cl)cc1. The molecule has 2 aliphatic rings. The lowest BCUT2D eigenvalue weighted by atomic mass is 9.96. The van der Waals surface area contributed by atoms with Gasteiger partial charge in [0, 0.05) is 60.4 Å². The van der Waals surface area contributed by atoms with E-state index in [2.05, 4.69) is 41.0 Å². The van der Waals surface area contributed by atoms with Crippen molar-refractivity contribution in [3.63, 3.8) is 0 Å². The van der Waals surface area contributed by atoms with Crippen LogP contribution in [0.2, 0.25) is 5.02 Å². The number of hydrogen-bond acceptors (Lipinski definition) is 6. The molecule has 0 bridgehead atoms. The van der Waals surface area contributed by atoms with Gasteiger partial charge in [-0.2, -0.15) is 0 Å². The smallest absolute Gasteiger partial charge is 0.231 e. The van der Waals surface area contributed by atoms with Gasteiger partial charge in [0.1, 0.15) is 12.1 Å². The Kier molecular flexibility index (Phi) is 8.42. The highest BCUT2D eigenvalue weighted by molar-refractivity contribution is 7.99. The van der Waals surface area contributed by atoms with Crippen molar-refractivity contribution in [3.8, 4) is 0 Å². The van der Waals surface area contributed by atoms with Crippen LogP contribution in [-0.2, 0) is 10.5 Å². The van der Waals surface area contributed by atoms with Gasteiger partial charge in [-0.15, -0.1) is 11.8 Å². The number of hydrogen-bond donors (Lipinski definition) is 1. The number of halogens is 1. The molecule has 0 aliphatic carbocycles. The Morgan fingerprint density at radius 2 is 1.88 bits per heavy atom. The second-order valence-corrected chi connectivity index (χ2v) is 10.3. The number of nitrogens with one attached hydrogen (secondary N) is 1. The molecule has 0 saturated carbocycles. The van der Waals surface area contributed by atoms with E-state index < -0.39 is 0 Å². The van der Waals surface area contributed by atoms with E-state index in [0.29, 0.717) is 35.9 Å². The summed E-state index contributed by atoms with van der Waals surface area (Å²) in [5.74, 6) is 1.96. The van der Waals surface area contributed by atoms with Crippen LogP contribution < -0.4 is 10.2 Å². The fourth-order valence-electron chi connectivity index (χ4n) is 4.25. The highest BCUT2D eigenvalue weighted by atomic mass is 35.5. The van der Waals surface area contributed by atoms with Gasteiger partial charge in [0.15, 0.2) is 0 Å². The summed E-state index contributed by atoms with van der Waals surface area (Å²) in [7, 11) is 0. The molecule has 2 aliphatic heterocycles. The van der Waals surface area contributed by atoms with E-state index in [0.717, 1.165) is 35.9 Å². The molecule has 2 atom stereocenters. The van der Waals surface area contributed by atoms with Gasteiger partial charge in [0.2, 0.25) is 5.91 Å². The van der Waals surface area contributed by atoms with E-state index in [1.54, 1.807) is 6.33 Å². The van der Waals surface area contributed by atoms with Crippen LogP contribution in [0.25, 0.3) is 0 Å². The highest BCUT2D eigenvalue weighted by Gasteiger charge is 2.32. The van der Waals surface area contributed by atoms with E-state index in [9.17, 15) is 4.79 Å². The second-order valence-electron chi connectivity index (χ2n) is 8.49. The summed E-state index contributed by atoms with van der Waals surface area (Å²) < 4.78 is 0. The fourth-order valence-corrected chi connectivity index (χ4v) is 5.42. The van der Waals surface area contributed by atoms with Crippen LogP contribution >= 0.6 is 23.4 Å². The average molecular weight is 476 g/mol. The molecule has 3 heterocycles. The third-order valence-corrected chi connectivity index (χ3v) is 7.44. The maximum atomic E-state index is 13.5. The third kappa shape index (κ3) is 5.38. The van der Waals surface area contributed by atoms with Crippen molar-refractivity contribution in [2.45, 2.75) is 51.2 Å². The number of carbonyl (C=O) groups is 1. The Morgan fingerprint density at radius 3 is 2.53 bits per heavy atom. The highest BCUT2D eigenvalue weighted by Crippen LogP contribution is 2.44.